The second-order valence-corrected chi connectivity index (χ2v) is 5.37. The van der Waals surface area contributed by atoms with Crippen molar-refractivity contribution in [1.82, 2.24) is 4.98 Å². The Kier molecular flexibility index (Phi) is 2.55. The van der Waals surface area contributed by atoms with Crippen molar-refractivity contribution in [2.45, 2.75) is 32.2 Å². The number of furan rings is 1. The number of anilines is 1. The third-order valence-corrected chi connectivity index (χ3v) is 3.59. The zero-order chi connectivity index (χ0) is 13.5. The standard InChI is InChI=1S/C16H16N2O2/c1-10-2-6-13(19-10)9-17-12-5-7-15-14(8-12)18-16(20-15)11-3-4-11/h2,5-8,11,17H,3-4,9H2,1H3. The van der Waals surface area contributed by atoms with Gasteiger partial charge in [0.15, 0.2) is 11.5 Å². The van der Waals surface area contributed by atoms with Crippen LogP contribution in [0.3, 0.4) is 0 Å². The number of aryl methyl sites for hydroxylation is 1. The van der Waals surface area contributed by atoms with Gasteiger partial charge in [-0.1, -0.05) is 0 Å². The van der Waals surface area contributed by atoms with Crippen LogP contribution in [0.1, 0.15) is 36.2 Å². The molecule has 0 amide bonds. The van der Waals surface area contributed by atoms with Crippen LogP contribution in [0.5, 0.6) is 0 Å². The molecule has 0 radical (unpaired) electrons. The molecule has 0 atom stereocenters. The van der Waals surface area contributed by atoms with E-state index in [1.54, 1.807) is 0 Å². The van der Waals surface area contributed by atoms with E-state index in [2.05, 4.69) is 10.3 Å². The third-order valence-electron chi connectivity index (χ3n) is 3.59. The summed E-state index contributed by atoms with van der Waals surface area (Å²) in [7, 11) is 0. The van der Waals surface area contributed by atoms with Crippen molar-refractivity contribution in [3.8, 4) is 0 Å². The highest BCUT2D eigenvalue weighted by Gasteiger charge is 2.28. The van der Waals surface area contributed by atoms with Crippen molar-refractivity contribution < 1.29 is 8.83 Å². The zero-order valence-electron chi connectivity index (χ0n) is 11.3. The number of benzene rings is 1. The van der Waals surface area contributed by atoms with Crippen molar-refractivity contribution in [3.63, 3.8) is 0 Å². The number of nitrogens with one attached hydrogen (secondary N) is 1. The number of hydrogen-bond acceptors (Lipinski definition) is 4. The van der Waals surface area contributed by atoms with Gasteiger partial charge in [-0.05, 0) is 50.1 Å². The minimum absolute atomic E-state index is 0.546. The first kappa shape index (κ1) is 11.6. The summed E-state index contributed by atoms with van der Waals surface area (Å²) < 4.78 is 11.3. The SMILES string of the molecule is Cc1ccc(CNc2ccc3oc(C4CC4)nc3c2)o1. The predicted molar refractivity (Wildman–Crippen MR) is 76.8 cm³/mol. The number of fused-ring (bicyclic) bond motifs is 1. The lowest BCUT2D eigenvalue weighted by molar-refractivity contribution is 0.490. The third kappa shape index (κ3) is 2.18. The number of aromatic nitrogens is 1. The predicted octanol–water partition coefficient (Wildman–Crippen LogP) is 4.22. The van der Waals surface area contributed by atoms with Gasteiger partial charge in [-0.3, -0.25) is 0 Å². The Labute approximate surface area is 116 Å². The van der Waals surface area contributed by atoms with Crippen LogP contribution in [0.2, 0.25) is 0 Å². The molecule has 0 unspecified atom stereocenters. The van der Waals surface area contributed by atoms with E-state index in [0.29, 0.717) is 12.5 Å². The van der Waals surface area contributed by atoms with E-state index in [1.807, 2.05) is 37.3 Å². The van der Waals surface area contributed by atoms with E-state index in [4.69, 9.17) is 8.83 Å². The minimum atomic E-state index is 0.546. The Balaban J connectivity index is 1.54. The van der Waals surface area contributed by atoms with Gasteiger partial charge in [0.2, 0.25) is 0 Å². The monoisotopic (exact) mass is 268 g/mol. The Morgan fingerprint density at radius 1 is 1.20 bits per heavy atom. The first-order valence-corrected chi connectivity index (χ1v) is 6.97. The Morgan fingerprint density at radius 2 is 2.10 bits per heavy atom. The van der Waals surface area contributed by atoms with E-state index < -0.39 is 0 Å². The first-order chi connectivity index (χ1) is 9.78. The largest absolute Gasteiger partial charge is 0.465 e. The van der Waals surface area contributed by atoms with Crippen LogP contribution in [0.15, 0.2) is 39.2 Å². The maximum absolute atomic E-state index is 5.76. The molecule has 0 spiro atoms. The minimum Gasteiger partial charge on any atom is -0.465 e. The fourth-order valence-electron chi connectivity index (χ4n) is 2.33. The molecule has 1 aromatic carbocycles. The number of hydrogen-bond donors (Lipinski definition) is 1. The molecular formula is C16H16N2O2. The molecule has 20 heavy (non-hydrogen) atoms. The van der Waals surface area contributed by atoms with Crippen molar-refractivity contribution >= 4 is 16.8 Å². The van der Waals surface area contributed by atoms with Gasteiger partial charge in [0.1, 0.15) is 17.0 Å². The van der Waals surface area contributed by atoms with Crippen molar-refractivity contribution in [3.05, 3.63) is 47.7 Å². The van der Waals surface area contributed by atoms with Crippen LogP contribution in [-0.4, -0.2) is 4.98 Å². The summed E-state index contributed by atoms with van der Waals surface area (Å²) in [4.78, 5) is 4.56. The molecule has 2 heterocycles. The maximum atomic E-state index is 5.76. The number of nitrogens with zero attached hydrogens (tertiary/aromatic N) is 1. The smallest absolute Gasteiger partial charge is 0.198 e. The molecule has 1 aliphatic rings. The molecule has 3 aromatic rings. The van der Waals surface area contributed by atoms with E-state index in [0.717, 1.165) is 34.2 Å². The maximum Gasteiger partial charge on any atom is 0.198 e. The molecule has 4 heteroatoms. The molecule has 0 bridgehead atoms. The average molecular weight is 268 g/mol. The second-order valence-electron chi connectivity index (χ2n) is 5.37. The topological polar surface area (TPSA) is 51.2 Å². The van der Waals surface area contributed by atoms with Crippen LogP contribution in [0.25, 0.3) is 11.1 Å². The summed E-state index contributed by atoms with van der Waals surface area (Å²) in [6, 6.07) is 9.98. The quantitative estimate of drug-likeness (QED) is 0.769. The van der Waals surface area contributed by atoms with Gasteiger partial charge in [0.05, 0.1) is 6.54 Å². The second kappa shape index (κ2) is 4.40. The van der Waals surface area contributed by atoms with E-state index in [-0.39, 0.29) is 0 Å². The van der Waals surface area contributed by atoms with Crippen LogP contribution in [-0.2, 0) is 6.54 Å². The normalized spacial score (nSPS) is 14.8. The van der Waals surface area contributed by atoms with Gasteiger partial charge in [-0.2, -0.15) is 0 Å². The molecule has 102 valence electrons. The van der Waals surface area contributed by atoms with Gasteiger partial charge in [0.25, 0.3) is 0 Å². The summed E-state index contributed by atoms with van der Waals surface area (Å²) >= 11 is 0. The molecule has 2 aromatic heterocycles. The summed E-state index contributed by atoms with van der Waals surface area (Å²) in [6.07, 6.45) is 2.41. The van der Waals surface area contributed by atoms with E-state index >= 15 is 0 Å². The zero-order valence-corrected chi connectivity index (χ0v) is 11.3. The highest BCUT2D eigenvalue weighted by Crippen LogP contribution is 2.40. The summed E-state index contributed by atoms with van der Waals surface area (Å²) in [6.45, 7) is 2.62. The summed E-state index contributed by atoms with van der Waals surface area (Å²) in [5.74, 6) is 3.30. The van der Waals surface area contributed by atoms with E-state index in [1.165, 1.54) is 12.8 Å². The molecule has 4 rings (SSSR count). The van der Waals surface area contributed by atoms with Crippen molar-refractivity contribution in [2.24, 2.45) is 0 Å². The molecule has 0 saturated heterocycles. The Bertz CT molecular complexity index is 753. The van der Waals surface area contributed by atoms with Crippen molar-refractivity contribution in [1.29, 1.82) is 0 Å². The molecule has 1 fully saturated rings. The van der Waals surface area contributed by atoms with Crippen LogP contribution < -0.4 is 5.32 Å². The lowest BCUT2D eigenvalue weighted by Gasteiger charge is -2.03. The molecule has 1 N–H and O–H groups in total. The lowest BCUT2D eigenvalue weighted by atomic mass is 10.3. The fourth-order valence-corrected chi connectivity index (χ4v) is 2.33. The van der Waals surface area contributed by atoms with Crippen LogP contribution in [0.4, 0.5) is 5.69 Å². The highest BCUT2D eigenvalue weighted by molar-refractivity contribution is 5.77. The van der Waals surface area contributed by atoms with Gasteiger partial charge >= 0.3 is 0 Å². The lowest BCUT2D eigenvalue weighted by Crippen LogP contribution is -1.97. The molecule has 0 aliphatic heterocycles. The van der Waals surface area contributed by atoms with Crippen LogP contribution in [0, 0.1) is 6.92 Å². The Hall–Kier alpha value is -2.23. The number of oxazole rings is 1. The molecule has 4 nitrogen and oxygen atoms in total. The number of rotatable bonds is 4. The van der Waals surface area contributed by atoms with Crippen LogP contribution >= 0.6 is 0 Å². The highest BCUT2D eigenvalue weighted by atomic mass is 16.3. The Morgan fingerprint density at radius 3 is 2.85 bits per heavy atom. The molecule has 1 aliphatic carbocycles. The van der Waals surface area contributed by atoms with Gasteiger partial charge < -0.3 is 14.2 Å². The van der Waals surface area contributed by atoms with E-state index in [9.17, 15) is 0 Å². The summed E-state index contributed by atoms with van der Waals surface area (Å²) in [5, 5.41) is 3.35. The van der Waals surface area contributed by atoms with Gasteiger partial charge in [-0.15, -0.1) is 0 Å². The van der Waals surface area contributed by atoms with Gasteiger partial charge in [0, 0.05) is 11.6 Å². The van der Waals surface area contributed by atoms with Crippen molar-refractivity contribution in [2.75, 3.05) is 5.32 Å². The average Bonchev–Trinajstić information content (AvgIpc) is 3.08. The molecule has 1 saturated carbocycles. The first-order valence-electron chi connectivity index (χ1n) is 6.97. The molecular weight excluding hydrogens is 252 g/mol. The van der Waals surface area contributed by atoms with Gasteiger partial charge in [-0.25, -0.2) is 4.98 Å². The summed E-state index contributed by atoms with van der Waals surface area (Å²) in [5.41, 5.74) is 2.82. The fraction of sp³-hybridized carbons (Fsp3) is 0.312.